The van der Waals surface area contributed by atoms with E-state index < -0.39 is 0 Å². The van der Waals surface area contributed by atoms with Crippen molar-refractivity contribution in [2.75, 3.05) is 12.4 Å². The molecule has 0 unspecified atom stereocenters. The summed E-state index contributed by atoms with van der Waals surface area (Å²) in [5.74, 6) is 1.19. The fourth-order valence-corrected chi connectivity index (χ4v) is 2.28. The highest BCUT2D eigenvalue weighted by atomic mass is 127. The summed E-state index contributed by atoms with van der Waals surface area (Å²) < 4.78 is 6.09. The van der Waals surface area contributed by atoms with Crippen LogP contribution in [0.2, 0.25) is 0 Å². The van der Waals surface area contributed by atoms with E-state index in [0.29, 0.717) is 12.5 Å². The Morgan fingerprint density at radius 1 is 1.24 bits per heavy atom. The first-order valence-electron chi connectivity index (χ1n) is 6.13. The van der Waals surface area contributed by atoms with Gasteiger partial charge < -0.3 is 15.8 Å². The fourth-order valence-electron chi connectivity index (χ4n) is 1.69. The Hall–Kier alpha value is -1.28. The number of methoxy groups -OCH3 is 1. The number of hydrogen-bond acceptors (Lipinski definition) is 2. The first kappa shape index (κ1) is 17.8. The first-order chi connectivity index (χ1) is 9.69. The zero-order valence-corrected chi connectivity index (χ0v) is 15.5. The molecule has 0 saturated carbocycles. The van der Waals surface area contributed by atoms with Gasteiger partial charge in [-0.3, -0.25) is 0 Å². The molecule has 0 saturated heterocycles. The van der Waals surface area contributed by atoms with Gasteiger partial charge in [0.25, 0.3) is 0 Å². The quantitative estimate of drug-likeness (QED) is 0.411. The second-order valence-electron chi connectivity index (χ2n) is 4.16. The van der Waals surface area contributed by atoms with Gasteiger partial charge in [-0.15, -0.1) is 24.0 Å². The predicted octanol–water partition coefficient (Wildman–Crippen LogP) is 4.00. The summed E-state index contributed by atoms with van der Waals surface area (Å²) in [6.07, 6.45) is 0. The van der Waals surface area contributed by atoms with E-state index in [1.54, 1.807) is 7.11 Å². The van der Waals surface area contributed by atoms with E-state index in [0.717, 1.165) is 21.5 Å². The molecule has 0 amide bonds. The summed E-state index contributed by atoms with van der Waals surface area (Å²) in [4.78, 5) is 4.31. The van der Waals surface area contributed by atoms with Crippen LogP contribution in [0, 0.1) is 0 Å². The first-order valence-corrected chi connectivity index (χ1v) is 6.93. The smallest absolute Gasteiger partial charge is 0.193 e. The molecule has 0 aliphatic heterocycles. The van der Waals surface area contributed by atoms with Gasteiger partial charge in [0.15, 0.2) is 5.96 Å². The molecule has 4 nitrogen and oxygen atoms in total. The fraction of sp³-hybridized carbons (Fsp3) is 0.133. The van der Waals surface area contributed by atoms with Gasteiger partial charge in [-0.05, 0) is 45.8 Å². The number of halogens is 2. The van der Waals surface area contributed by atoms with Gasteiger partial charge in [0.05, 0.1) is 18.1 Å². The van der Waals surface area contributed by atoms with Crippen LogP contribution in [0.4, 0.5) is 5.69 Å². The van der Waals surface area contributed by atoms with Gasteiger partial charge in [0.2, 0.25) is 0 Å². The minimum Gasteiger partial charge on any atom is -0.496 e. The molecule has 0 aliphatic rings. The standard InChI is InChI=1S/C15H16BrN3O.HI/c1-20-14-8-7-11(9-13(14)16)10-18-15(17)19-12-5-3-2-4-6-12;/h2-9H,10H2,1H3,(H3,17,18,19);1H. The van der Waals surface area contributed by atoms with Gasteiger partial charge in [-0.2, -0.15) is 0 Å². The number of anilines is 1. The van der Waals surface area contributed by atoms with Crippen molar-refractivity contribution in [2.45, 2.75) is 6.54 Å². The Labute approximate surface area is 149 Å². The Morgan fingerprint density at radius 3 is 2.57 bits per heavy atom. The molecule has 112 valence electrons. The number of ether oxygens (including phenoxy) is 1. The maximum Gasteiger partial charge on any atom is 0.193 e. The minimum absolute atomic E-state index is 0. The van der Waals surface area contributed by atoms with Crippen molar-refractivity contribution < 1.29 is 4.74 Å². The molecule has 2 aromatic rings. The van der Waals surface area contributed by atoms with Crippen molar-refractivity contribution in [2.24, 2.45) is 10.7 Å². The summed E-state index contributed by atoms with van der Waals surface area (Å²) in [7, 11) is 1.64. The third-order valence-corrected chi connectivity index (χ3v) is 3.31. The van der Waals surface area contributed by atoms with Crippen LogP contribution in [0.5, 0.6) is 5.75 Å². The van der Waals surface area contributed by atoms with E-state index in [-0.39, 0.29) is 24.0 Å². The molecule has 0 spiro atoms. The Bertz CT molecular complexity index is 605. The normalized spacial score (nSPS) is 10.7. The van der Waals surface area contributed by atoms with Crippen molar-refractivity contribution >= 4 is 51.6 Å². The van der Waals surface area contributed by atoms with Crippen LogP contribution in [-0.4, -0.2) is 13.1 Å². The third kappa shape index (κ3) is 5.55. The van der Waals surface area contributed by atoms with E-state index in [1.165, 1.54) is 0 Å². The molecule has 3 N–H and O–H groups in total. The summed E-state index contributed by atoms with van der Waals surface area (Å²) in [5, 5.41) is 3.04. The lowest BCUT2D eigenvalue weighted by molar-refractivity contribution is 0.412. The second kappa shape index (κ2) is 8.89. The minimum atomic E-state index is 0. The maximum atomic E-state index is 5.85. The zero-order valence-electron chi connectivity index (χ0n) is 11.5. The van der Waals surface area contributed by atoms with E-state index in [9.17, 15) is 0 Å². The highest BCUT2D eigenvalue weighted by Gasteiger charge is 2.01. The van der Waals surface area contributed by atoms with Crippen molar-refractivity contribution in [3.05, 3.63) is 58.6 Å². The SMILES string of the molecule is COc1ccc(CN=C(N)Nc2ccccc2)cc1Br.I. The summed E-state index contributed by atoms with van der Waals surface area (Å²) in [6, 6.07) is 15.5. The summed E-state index contributed by atoms with van der Waals surface area (Å²) in [5.41, 5.74) is 7.82. The Morgan fingerprint density at radius 2 is 1.95 bits per heavy atom. The molecule has 2 rings (SSSR count). The molecular formula is C15H17BrIN3O. The number of hydrogen-bond donors (Lipinski definition) is 2. The van der Waals surface area contributed by atoms with E-state index in [1.807, 2.05) is 48.5 Å². The summed E-state index contributed by atoms with van der Waals surface area (Å²) in [6.45, 7) is 0.508. The number of para-hydroxylation sites is 1. The molecular weight excluding hydrogens is 445 g/mol. The van der Waals surface area contributed by atoms with Crippen LogP contribution in [0.25, 0.3) is 0 Å². The lowest BCUT2D eigenvalue weighted by atomic mass is 10.2. The predicted molar refractivity (Wildman–Crippen MR) is 102 cm³/mol. The van der Waals surface area contributed by atoms with Gasteiger partial charge in [-0.1, -0.05) is 24.3 Å². The van der Waals surface area contributed by atoms with Crippen molar-refractivity contribution in [1.82, 2.24) is 0 Å². The highest BCUT2D eigenvalue weighted by Crippen LogP contribution is 2.25. The number of guanidine groups is 1. The van der Waals surface area contributed by atoms with Crippen LogP contribution in [0.3, 0.4) is 0 Å². The van der Waals surface area contributed by atoms with E-state index in [2.05, 4.69) is 26.2 Å². The molecule has 0 heterocycles. The van der Waals surface area contributed by atoms with Crippen molar-refractivity contribution in [1.29, 1.82) is 0 Å². The van der Waals surface area contributed by atoms with Gasteiger partial charge >= 0.3 is 0 Å². The van der Waals surface area contributed by atoms with Crippen LogP contribution >= 0.6 is 39.9 Å². The number of nitrogens with two attached hydrogens (primary N) is 1. The lowest BCUT2D eigenvalue weighted by Crippen LogP contribution is -2.22. The molecule has 2 aromatic carbocycles. The maximum absolute atomic E-state index is 5.85. The molecule has 6 heteroatoms. The Balaban J connectivity index is 0.00000220. The third-order valence-electron chi connectivity index (χ3n) is 2.69. The molecule has 0 aliphatic carbocycles. The average Bonchev–Trinajstić information content (AvgIpc) is 2.46. The molecule has 0 atom stereocenters. The zero-order chi connectivity index (χ0) is 14.4. The van der Waals surface area contributed by atoms with Crippen molar-refractivity contribution in [3.8, 4) is 5.75 Å². The number of nitrogens with zero attached hydrogens (tertiary/aromatic N) is 1. The van der Waals surface area contributed by atoms with Crippen LogP contribution in [0.1, 0.15) is 5.56 Å². The van der Waals surface area contributed by atoms with Crippen LogP contribution in [-0.2, 0) is 6.54 Å². The number of aliphatic imine (C=N–C) groups is 1. The van der Waals surface area contributed by atoms with Gasteiger partial charge in [0.1, 0.15) is 5.75 Å². The topological polar surface area (TPSA) is 59.6 Å². The van der Waals surface area contributed by atoms with Crippen molar-refractivity contribution in [3.63, 3.8) is 0 Å². The molecule has 21 heavy (non-hydrogen) atoms. The number of nitrogens with one attached hydrogen (secondary N) is 1. The van der Waals surface area contributed by atoms with Gasteiger partial charge in [-0.25, -0.2) is 4.99 Å². The average molecular weight is 462 g/mol. The van der Waals surface area contributed by atoms with Crippen LogP contribution < -0.4 is 15.8 Å². The second-order valence-corrected chi connectivity index (χ2v) is 5.02. The number of benzene rings is 2. The molecule has 0 fully saturated rings. The lowest BCUT2D eigenvalue weighted by Gasteiger charge is -2.07. The van der Waals surface area contributed by atoms with Crippen LogP contribution in [0.15, 0.2) is 58.0 Å². The summed E-state index contributed by atoms with van der Waals surface area (Å²) >= 11 is 3.45. The van der Waals surface area contributed by atoms with Gasteiger partial charge in [0, 0.05) is 5.69 Å². The largest absolute Gasteiger partial charge is 0.496 e. The molecule has 0 radical (unpaired) electrons. The number of rotatable bonds is 4. The molecule has 0 bridgehead atoms. The van der Waals surface area contributed by atoms with E-state index in [4.69, 9.17) is 10.5 Å². The highest BCUT2D eigenvalue weighted by molar-refractivity contribution is 14.0. The molecule has 0 aromatic heterocycles. The monoisotopic (exact) mass is 461 g/mol. The Kier molecular flexibility index (Phi) is 7.52. The van der Waals surface area contributed by atoms with E-state index >= 15 is 0 Å².